The molecule has 0 aromatic carbocycles. The standard InChI is InChI=1S/C14H15N3O3S/c1-7(2)20-14(19)11-8(3)10-12(21-11)16-9(4)17(6-5-15)13(10)18/h7H,6H2,1-4H3. The van der Waals surface area contributed by atoms with Gasteiger partial charge in [-0.2, -0.15) is 5.26 Å². The van der Waals surface area contributed by atoms with Crippen molar-refractivity contribution < 1.29 is 9.53 Å². The van der Waals surface area contributed by atoms with Crippen LogP contribution in [-0.4, -0.2) is 21.6 Å². The minimum atomic E-state index is -0.450. The molecule has 0 atom stereocenters. The van der Waals surface area contributed by atoms with Crippen molar-refractivity contribution in [3.63, 3.8) is 0 Å². The Labute approximate surface area is 125 Å². The Kier molecular flexibility index (Phi) is 4.09. The molecule has 0 bridgehead atoms. The summed E-state index contributed by atoms with van der Waals surface area (Å²) in [7, 11) is 0. The molecule has 2 aromatic rings. The van der Waals surface area contributed by atoms with Crippen molar-refractivity contribution in [2.24, 2.45) is 0 Å². The predicted molar refractivity (Wildman–Crippen MR) is 79.5 cm³/mol. The molecule has 2 aromatic heterocycles. The number of ether oxygens (including phenoxy) is 1. The van der Waals surface area contributed by atoms with Gasteiger partial charge >= 0.3 is 5.97 Å². The van der Waals surface area contributed by atoms with E-state index in [1.807, 2.05) is 6.07 Å². The molecule has 0 saturated heterocycles. The smallest absolute Gasteiger partial charge is 0.348 e. The molecule has 0 radical (unpaired) electrons. The fraction of sp³-hybridized carbons (Fsp3) is 0.429. The fourth-order valence-corrected chi connectivity index (χ4v) is 3.14. The van der Waals surface area contributed by atoms with Gasteiger partial charge in [-0.05, 0) is 33.3 Å². The molecule has 0 spiro atoms. The number of nitriles is 1. The number of fused-ring (bicyclic) bond motifs is 1. The summed E-state index contributed by atoms with van der Waals surface area (Å²) in [6, 6.07) is 1.94. The summed E-state index contributed by atoms with van der Waals surface area (Å²) in [4.78, 5) is 29.7. The summed E-state index contributed by atoms with van der Waals surface area (Å²) < 4.78 is 6.48. The van der Waals surface area contributed by atoms with Gasteiger partial charge in [-0.3, -0.25) is 9.36 Å². The van der Waals surface area contributed by atoms with E-state index in [2.05, 4.69) is 4.98 Å². The molecule has 2 heterocycles. The zero-order valence-electron chi connectivity index (χ0n) is 12.3. The van der Waals surface area contributed by atoms with E-state index in [-0.39, 0.29) is 18.2 Å². The zero-order chi connectivity index (χ0) is 15.7. The van der Waals surface area contributed by atoms with Crippen LogP contribution in [0, 0.1) is 25.2 Å². The third kappa shape index (κ3) is 2.67. The first-order valence-electron chi connectivity index (χ1n) is 6.45. The number of aromatic nitrogens is 2. The van der Waals surface area contributed by atoms with Crippen LogP contribution < -0.4 is 5.56 Å². The molecule has 6 nitrogen and oxygen atoms in total. The van der Waals surface area contributed by atoms with E-state index < -0.39 is 5.97 Å². The lowest BCUT2D eigenvalue weighted by atomic mass is 10.2. The number of thiophene rings is 1. The summed E-state index contributed by atoms with van der Waals surface area (Å²) in [6.07, 6.45) is -0.230. The van der Waals surface area contributed by atoms with Gasteiger partial charge in [-0.15, -0.1) is 11.3 Å². The maximum absolute atomic E-state index is 12.4. The zero-order valence-corrected chi connectivity index (χ0v) is 13.1. The van der Waals surface area contributed by atoms with E-state index in [1.165, 1.54) is 4.57 Å². The highest BCUT2D eigenvalue weighted by atomic mass is 32.1. The summed E-state index contributed by atoms with van der Waals surface area (Å²) in [5, 5.41) is 9.18. The van der Waals surface area contributed by atoms with Crippen molar-refractivity contribution in [2.45, 2.75) is 40.3 Å². The number of aryl methyl sites for hydroxylation is 2. The molecule has 0 aliphatic heterocycles. The van der Waals surface area contributed by atoms with E-state index in [0.29, 0.717) is 26.5 Å². The third-order valence-electron chi connectivity index (χ3n) is 3.00. The summed E-state index contributed by atoms with van der Waals surface area (Å²) >= 11 is 1.15. The molecular formula is C14H15N3O3S. The van der Waals surface area contributed by atoms with Crippen molar-refractivity contribution in [3.05, 3.63) is 26.6 Å². The molecule has 0 amide bonds. The Morgan fingerprint density at radius 2 is 2.14 bits per heavy atom. The van der Waals surface area contributed by atoms with Crippen molar-refractivity contribution in [1.82, 2.24) is 9.55 Å². The van der Waals surface area contributed by atoms with Crippen LogP contribution in [-0.2, 0) is 11.3 Å². The van der Waals surface area contributed by atoms with E-state index in [0.717, 1.165) is 11.3 Å². The van der Waals surface area contributed by atoms with Gasteiger partial charge in [0.05, 0.1) is 17.6 Å². The van der Waals surface area contributed by atoms with Crippen LogP contribution >= 0.6 is 11.3 Å². The second-order valence-electron chi connectivity index (χ2n) is 4.90. The van der Waals surface area contributed by atoms with Crippen molar-refractivity contribution in [2.75, 3.05) is 0 Å². The van der Waals surface area contributed by atoms with Crippen LogP contribution in [0.5, 0.6) is 0 Å². The normalized spacial score (nSPS) is 10.9. The highest BCUT2D eigenvalue weighted by Crippen LogP contribution is 2.28. The van der Waals surface area contributed by atoms with Gasteiger partial charge in [0, 0.05) is 0 Å². The number of rotatable bonds is 3. The molecule has 7 heteroatoms. The molecule has 0 unspecified atom stereocenters. The number of carbonyl (C=O) groups is 1. The fourth-order valence-electron chi connectivity index (χ4n) is 2.04. The topological polar surface area (TPSA) is 85.0 Å². The molecule has 2 rings (SSSR count). The summed E-state index contributed by atoms with van der Waals surface area (Å²) in [5.41, 5.74) is 0.265. The molecule has 0 fully saturated rings. The molecule has 21 heavy (non-hydrogen) atoms. The lowest BCUT2D eigenvalue weighted by Crippen LogP contribution is -2.23. The second-order valence-corrected chi connectivity index (χ2v) is 5.90. The number of hydrogen-bond acceptors (Lipinski definition) is 6. The minimum Gasteiger partial charge on any atom is -0.459 e. The predicted octanol–water partition coefficient (Wildman–Crippen LogP) is 2.16. The molecule has 0 aliphatic rings. The average Bonchev–Trinajstić information content (AvgIpc) is 2.71. The van der Waals surface area contributed by atoms with Gasteiger partial charge in [-0.1, -0.05) is 0 Å². The quantitative estimate of drug-likeness (QED) is 0.811. The van der Waals surface area contributed by atoms with Crippen LogP contribution in [0.4, 0.5) is 0 Å². The largest absolute Gasteiger partial charge is 0.459 e. The maximum atomic E-state index is 12.4. The van der Waals surface area contributed by atoms with Gasteiger partial charge in [0.15, 0.2) is 0 Å². The first-order chi connectivity index (χ1) is 9.86. The molecule has 110 valence electrons. The van der Waals surface area contributed by atoms with E-state index in [9.17, 15) is 9.59 Å². The van der Waals surface area contributed by atoms with Gasteiger partial charge in [0.1, 0.15) is 22.1 Å². The van der Waals surface area contributed by atoms with E-state index >= 15 is 0 Å². The Balaban J connectivity index is 2.68. The van der Waals surface area contributed by atoms with Crippen molar-refractivity contribution in [1.29, 1.82) is 5.26 Å². The Morgan fingerprint density at radius 3 is 2.71 bits per heavy atom. The molecule has 0 N–H and O–H groups in total. The van der Waals surface area contributed by atoms with Crippen molar-refractivity contribution in [3.8, 4) is 6.07 Å². The van der Waals surface area contributed by atoms with Gasteiger partial charge < -0.3 is 4.74 Å². The number of nitrogens with zero attached hydrogens (tertiary/aromatic N) is 3. The highest BCUT2D eigenvalue weighted by Gasteiger charge is 2.22. The monoisotopic (exact) mass is 305 g/mol. The average molecular weight is 305 g/mol. The van der Waals surface area contributed by atoms with E-state index in [4.69, 9.17) is 10.00 Å². The second kappa shape index (κ2) is 5.66. The lowest BCUT2D eigenvalue weighted by molar-refractivity contribution is 0.0383. The first-order valence-corrected chi connectivity index (χ1v) is 7.27. The Bertz CT molecular complexity index is 811. The van der Waals surface area contributed by atoms with Crippen molar-refractivity contribution >= 4 is 27.5 Å². The van der Waals surface area contributed by atoms with Gasteiger partial charge in [0.25, 0.3) is 5.56 Å². The number of esters is 1. The van der Waals surface area contributed by atoms with Gasteiger partial charge in [0.2, 0.25) is 0 Å². The maximum Gasteiger partial charge on any atom is 0.348 e. The van der Waals surface area contributed by atoms with Gasteiger partial charge in [-0.25, -0.2) is 9.78 Å². The van der Waals surface area contributed by atoms with E-state index in [1.54, 1.807) is 27.7 Å². The Morgan fingerprint density at radius 1 is 1.48 bits per heavy atom. The summed E-state index contributed by atoms with van der Waals surface area (Å²) in [5.74, 6) is 0.00784. The molecule has 0 aliphatic carbocycles. The third-order valence-corrected chi connectivity index (χ3v) is 4.16. The number of carbonyl (C=O) groups excluding carboxylic acids is 1. The van der Waals surface area contributed by atoms with Crippen LogP contribution in [0.25, 0.3) is 10.2 Å². The number of hydrogen-bond donors (Lipinski definition) is 0. The Hall–Kier alpha value is -2.20. The first kappa shape index (κ1) is 15.2. The lowest BCUT2D eigenvalue weighted by Gasteiger charge is -2.06. The minimum absolute atomic E-state index is 0.0608. The van der Waals surface area contributed by atoms with Crippen LogP contribution in [0.15, 0.2) is 4.79 Å². The molecular weight excluding hydrogens is 290 g/mol. The van der Waals surface area contributed by atoms with Crippen LogP contribution in [0.3, 0.4) is 0 Å². The molecule has 0 saturated carbocycles. The summed E-state index contributed by atoms with van der Waals surface area (Å²) in [6.45, 7) is 6.84. The SMILES string of the molecule is Cc1c(C(=O)OC(C)C)sc2nc(C)n(CC#N)c(=O)c12. The van der Waals surface area contributed by atoms with Crippen LogP contribution in [0.2, 0.25) is 0 Å². The highest BCUT2D eigenvalue weighted by molar-refractivity contribution is 7.20. The van der Waals surface area contributed by atoms with Crippen LogP contribution in [0.1, 0.15) is 34.9 Å².